The van der Waals surface area contributed by atoms with E-state index in [0.717, 1.165) is 0 Å². The Morgan fingerprint density at radius 1 is 1.07 bits per heavy atom. The molecule has 0 radical (unpaired) electrons. The van der Waals surface area contributed by atoms with Crippen LogP contribution in [0.5, 0.6) is 0 Å². The molecule has 0 aliphatic heterocycles. The van der Waals surface area contributed by atoms with Gasteiger partial charge < -0.3 is 15.2 Å². The van der Waals surface area contributed by atoms with Crippen LogP contribution >= 0.6 is 12.2 Å². The summed E-state index contributed by atoms with van der Waals surface area (Å²) >= 11 is 5.24. The Hall–Kier alpha value is -3.26. The van der Waals surface area contributed by atoms with Crippen molar-refractivity contribution in [3.05, 3.63) is 82.4 Å². The zero-order chi connectivity index (χ0) is 20.8. The molecule has 0 aliphatic carbocycles. The van der Waals surface area contributed by atoms with Gasteiger partial charge in [0.05, 0.1) is 6.54 Å². The first-order valence-corrected chi connectivity index (χ1v) is 9.72. The van der Waals surface area contributed by atoms with E-state index in [1.165, 1.54) is 0 Å². The molecule has 1 unspecified atom stereocenters. The lowest BCUT2D eigenvalue weighted by molar-refractivity contribution is -0.123. The first-order valence-electron chi connectivity index (χ1n) is 9.31. The number of carbonyl (C=O) groups is 2. The van der Waals surface area contributed by atoms with Gasteiger partial charge in [0.1, 0.15) is 6.04 Å². The second-order valence-electron chi connectivity index (χ2n) is 6.81. The van der Waals surface area contributed by atoms with Crippen molar-refractivity contribution in [2.45, 2.75) is 32.5 Å². The lowest BCUT2D eigenvalue weighted by atomic mass is 10.1. The summed E-state index contributed by atoms with van der Waals surface area (Å²) in [7, 11) is 0. The lowest BCUT2D eigenvalue weighted by Gasteiger charge is -2.19. The fourth-order valence-electron chi connectivity index (χ4n) is 3.01. The van der Waals surface area contributed by atoms with E-state index in [0.29, 0.717) is 21.7 Å². The molecule has 8 heteroatoms. The Morgan fingerprint density at radius 2 is 1.69 bits per heavy atom. The van der Waals surface area contributed by atoms with Gasteiger partial charge in [-0.15, -0.1) is 0 Å². The van der Waals surface area contributed by atoms with Gasteiger partial charge in [-0.05, 0) is 43.8 Å². The van der Waals surface area contributed by atoms with E-state index in [-0.39, 0.29) is 24.4 Å². The van der Waals surface area contributed by atoms with Crippen molar-refractivity contribution >= 4 is 24.0 Å². The van der Waals surface area contributed by atoms with E-state index < -0.39 is 6.04 Å². The second kappa shape index (κ2) is 9.29. The first-order chi connectivity index (χ1) is 14.0. The molecule has 0 aliphatic rings. The lowest BCUT2D eigenvalue weighted by Crippen LogP contribution is -2.40. The Bertz CT molecular complexity index is 1030. The highest BCUT2D eigenvalue weighted by molar-refractivity contribution is 7.71. The first kappa shape index (κ1) is 20.5. The zero-order valence-electron chi connectivity index (χ0n) is 16.3. The van der Waals surface area contributed by atoms with Crippen LogP contribution < -0.4 is 10.6 Å². The smallest absolute Gasteiger partial charge is 0.252 e. The third-order valence-corrected chi connectivity index (χ3v) is 4.71. The van der Waals surface area contributed by atoms with Crippen LogP contribution in [0.3, 0.4) is 0 Å². The van der Waals surface area contributed by atoms with E-state index in [9.17, 15) is 9.59 Å². The quantitative estimate of drug-likeness (QED) is 0.522. The van der Waals surface area contributed by atoms with Gasteiger partial charge >= 0.3 is 0 Å². The molecule has 3 aromatic rings. The standard InChI is InChI=1S/C21H23N5O2S/c1-14(2)26-17(24-25-21(26)29)13-22-20(28)18(15-9-5-3-6-10-15)23-19(27)16-11-7-4-8-12-16/h3-12,14,18H,13H2,1-2H3,(H,22,28)(H,23,27)(H,25,29). The largest absolute Gasteiger partial charge is 0.347 e. The third kappa shape index (κ3) is 4.97. The molecule has 2 amide bonds. The van der Waals surface area contributed by atoms with Crippen molar-refractivity contribution in [3.63, 3.8) is 0 Å². The fraction of sp³-hybridized carbons (Fsp3) is 0.238. The zero-order valence-corrected chi connectivity index (χ0v) is 17.1. The number of aromatic nitrogens is 3. The highest BCUT2D eigenvalue weighted by atomic mass is 32.1. The molecule has 1 atom stereocenters. The Morgan fingerprint density at radius 3 is 2.31 bits per heavy atom. The number of hydrogen-bond acceptors (Lipinski definition) is 4. The molecule has 150 valence electrons. The van der Waals surface area contributed by atoms with E-state index in [2.05, 4.69) is 20.8 Å². The van der Waals surface area contributed by atoms with Crippen LogP contribution in [0.25, 0.3) is 0 Å². The van der Waals surface area contributed by atoms with Gasteiger partial charge in [-0.2, -0.15) is 5.10 Å². The average Bonchev–Trinajstić information content (AvgIpc) is 3.12. The van der Waals surface area contributed by atoms with E-state index in [4.69, 9.17) is 12.2 Å². The number of hydrogen-bond donors (Lipinski definition) is 3. The highest BCUT2D eigenvalue weighted by Crippen LogP contribution is 2.15. The molecule has 0 bridgehead atoms. The Labute approximate surface area is 174 Å². The van der Waals surface area contributed by atoms with Gasteiger partial charge in [-0.1, -0.05) is 48.5 Å². The molecule has 3 rings (SSSR count). The van der Waals surface area contributed by atoms with E-state index in [1.807, 2.05) is 42.7 Å². The average molecular weight is 410 g/mol. The van der Waals surface area contributed by atoms with E-state index >= 15 is 0 Å². The number of aromatic amines is 1. The van der Waals surface area contributed by atoms with Crippen LogP contribution in [0.15, 0.2) is 60.7 Å². The highest BCUT2D eigenvalue weighted by Gasteiger charge is 2.23. The predicted octanol–water partition coefficient (Wildman–Crippen LogP) is 3.31. The number of nitrogens with one attached hydrogen (secondary N) is 3. The number of rotatable bonds is 7. The van der Waals surface area contributed by atoms with Crippen LogP contribution in [0, 0.1) is 4.77 Å². The normalized spacial score (nSPS) is 11.8. The molecule has 7 nitrogen and oxygen atoms in total. The molecule has 0 fully saturated rings. The van der Waals surface area contributed by atoms with Gasteiger partial charge in [0.15, 0.2) is 10.6 Å². The number of H-pyrrole nitrogens is 1. The maximum absolute atomic E-state index is 13.0. The van der Waals surface area contributed by atoms with Gasteiger partial charge in [0.2, 0.25) is 5.91 Å². The monoisotopic (exact) mass is 409 g/mol. The van der Waals surface area contributed by atoms with Gasteiger partial charge in [-0.25, -0.2) is 0 Å². The van der Waals surface area contributed by atoms with Gasteiger partial charge in [0.25, 0.3) is 5.91 Å². The topological polar surface area (TPSA) is 91.8 Å². The maximum atomic E-state index is 13.0. The van der Waals surface area contributed by atoms with Crippen molar-refractivity contribution in [1.29, 1.82) is 0 Å². The molecular weight excluding hydrogens is 386 g/mol. The maximum Gasteiger partial charge on any atom is 0.252 e. The minimum atomic E-state index is -0.835. The summed E-state index contributed by atoms with van der Waals surface area (Å²) in [6.07, 6.45) is 0. The van der Waals surface area contributed by atoms with Crippen molar-refractivity contribution in [2.75, 3.05) is 0 Å². The molecule has 3 N–H and O–H groups in total. The SMILES string of the molecule is CC(C)n1c(CNC(=O)C(NC(=O)c2ccccc2)c2ccccc2)n[nH]c1=S. The van der Waals surface area contributed by atoms with Crippen molar-refractivity contribution < 1.29 is 9.59 Å². The van der Waals surface area contributed by atoms with Crippen molar-refractivity contribution in [2.24, 2.45) is 0 Å². The molecule has 0 saturated carbocycles. The summed E-state index contributed by atoms with van der Waals surface area (Å²) in [5.74, 6) is -0.0243. The summed E-state index contributed by atoms with van der Waals surface area (Å²) < 4.78 is 2.34. The van der Waals surface area contributed by atoms with Crippen LogP contribution in [0.4, 0.5) is 0 Å². The molecule has 2 aromatic carbocycles. The van der Waals surface area contributed by atoms with Crippen LogP contribution in [0.2, 0.25) is 0 Å². The van der Waals surface area contributed by atoms with Gasteiger partial charge in [0, 0.05) is 11.6 Å². The summed E-state index contributed by atoms with van der Waals surface area (Å²) in [5.41, 5.74) is 1.18. The number of benzene rings is 2. The molecule has 0 saturated heterocycles. The Balaban J connectivity index is 1.78. The Kier molecular flexibility index (Phi) is 6.56. The summed E-state index contributed by atoms with van der Waals surface area (Å²) in [5, 5.41) is 12.6. The van der Waals surface area contributed by atoms with E-state index in [1.54, 1.807) is 36.4 Å². The molecule has 29 heavy (non-hydrogen) atoms. The molecule has 0 spiro atoms. The molecule has 1 heterocycles. The number of amides is 2. The van der Waals surface area contributed by atoms with Crippen LogP contribution in [-0.4, -0.2) is 26.6 Å². The predicted molar refractivity (Wildman–Crippen MR) is 113 cm³/mol. The van der Waals surface area contributed by atoms with Crippen LogP contribution in [0.1, 0.15) is 47.7 Å². The number of nitrogens with zero attached hydrogens (tertiary/aromatic N) is 2. The molecule has 1 aromatic heterocycles. The third-order valence-electron chi connectivity index (χ3n) is 4.42. The number of carbonyl (C=O) groups excluding carboxylic acids is 2. The molecular formula is C21H23N5O2S. The minimum Gasteiger partial charge on any atom is -0.347 e. The second-order valence-corrected chi connectivity index (χ2v) is 7.20. The summed E-state index contributed by atoms with van der Waals surface area (Å²) in [6.45, 7) is 4.17. The summed E-state index contributed by atoms with van der Waals surface area (Å²) in [6, 6.07) is 17.2. The van der Waals surface area contributed by atoms with Crippen LogP contribution in [-0.2, 0) is 11.3 Å². The fourth-order valence-corrected chi connectivity index (χ4v) is 3.37. The summed E-state index contributed by atoms with van der Waals surface area (Å²) in [4.78, 5) is 25.6. The van der Waals surface area contributed by atoms with Gasteiger partial charge in [-0.3, -0.25) is 14.7 Å². The van der Waals surface area contributed by atoms with Crippen molar-refractivity contribution in [1.82, 2.24) is 25.4 Å². The minimum absolute atomic E-state index is 0.107. The van der Waals surface area contributed by atoms with Crippen molar-refractivity contribution in [3.8, 4) is 0 Å².